The maximum Gasteiger partial charge on any atom is 0.0591 e. The van der Waals surface area contributed by atoms with E-state index in [1.54, 1.807) is 0 Å². The van der Waals surface area contributed by atoms with Gasteiger partial charge in [-0.25, -0.2) is 0 Å². The van der Waals surface area contributed by atoms with Gasteiger partial charge in [-0.2, -0.15) is 0 Å². The van der Waals surface area contributed by atoms with Gasteiger partial charge in [-0.1, -0.05) is 41.4 Å². The fraction of sp³-hybridized carbons (Fsp3) is 0.538. The second kappa shape index (κ2) is 8.09. The van der Waals surface area contributed by atoms with Crippen LogP contribution in [0.2, 0.25) is 5.02 Å². The molecular weight excluding hydrogens is 302 g/mol. The second-order valence-electron chi connectivity index (χ2n) is 4.38. The molecular formula is C13H19BrClNO. The fourth-order valence-electron chi connectivity index (χ4n) is 1.37. The van der Waals surface area contributed by atoms with Gasteiger partial charge in [0.15, 0.2) is 0 Å². The number of benzene rings is 1. The highest BCUT2D eigenvalue weighted by molar-refractivity contribution is 9.10. The molecule has 0 unspecified atom stereocenters. The fourth-order valence-corrected chi connectivity index (χ4v) is 1.96. The molecule has 1 aromatic rings. The van der Waals surface area contributed by atoms with Gasteiger partial charge in [-0.05, 0) is 29.7 Å². The minimum atomic E-state index is 0.592. The first-order valence-corrected chi connectivity index (χ1v) is 6.99. The molecule has 1 rings (SSSR count). The Hall–Kier alpha value is -0.0900. The quantitative estimate of drug-likeness (QED) is 0.770. The highest BCUT2D eigenvalue weighted by Gasteiger charge is 2.00. The van der Waals surface area contributed by atoms with Gasteiger partial charge in [0.1, 0.15) is 0 Å². The third kappa shape index (κ3) is 6.41. The normalized spacial score (nSPS) is 11.1. The molecule has 0 bridgehead atoms. The molecule has 0 spiro atoms. The molecule has 0 aliphatic carbocycles. The minimum absolute atomic E-state index is 0.592. The molecule has 1 N–H and O–H groups in total. The highest BCUT2D eigenvalue weighted by atomic mass is 79.9. The third-order valence-electron chi connectivity index (χ3n) is 2.20. The van der Waals surface area contributed by atoms with E-state index in [0.717, 1.165) is 41.4 Å². The third-order valence-corrected chi connectivity index (χ3v) is 3.06. The van der Waals surface area contributed by atoms with Crippen LogP contribution in [0.15, 0.2) is 22.7 Å². The van der Waals surface area contributed by atoms with Gasteiger partial charge < -0.3 is 10.1 Å². The van der Waals surface area contributed by atoms with E-state index >= 15 is 0 Å². The summed E-state index contributed by atoms with van der Waals surface area (Å²) < 4.78 is 6.53. The van der Waals surface area contributed by atoms with Gasteiger partial charge in [0.2, 0.25) is 0 Å². The molecule has 0 saturated heterocycles. The molecule has 0 heterocycles. The van der Waals surface area contributed by atoms with Gasteiger partial charge in [-0.3, -0.25) is 0 Å². The van der Waals surface area contributed by atoms with Crippen molar-refractivity contribution in [1.29, 1.82) is 0 Å². The number of halogens is 2. The summed E-state index contributed by atoms with van der Waals surface area (Å²) in [6.07, 6.45) is 0. The van der Waals surface area contributed by atoms with Crippen LogP contribution in [0.4, 0.5) is 0 Å². The number of ether oxygens (including phenoxy) is 1. The molecule has 17 heavy (non-hydrogen) atoms. The summed E-state index contributed by atoms with van der Waals surface area (Å²) in [6, 6.07) is 5.87. The van der Waals surface area contributed by atoms with E-state index in [1.807, 2.05) is 18.2 Å². The standard InChI is InChI=1S/C13H19BrClNO/c1-10(2)9-17-6-5-16-8-11-7-12(14)3-4-13(11)15/h3-4,7,10,16H,5-6,8-9H2,1-2H3. The average Bonchev–Trinajstić information content (AvgIpc) is 2.27. The van der Waals surface area contributed by atoms with Crippen LogP contribution in [0.1, 0.15) is 19.4 Å². The summed E-state index contributed by atoms with van der Waals surface area (Å²) in [5.74, 6) is 0.592. The number of nitrogens with one attached hydrogen (secondary N) is 1. The average molecular weight is 321 g/mol. The van der Waals surface area contributed by atoms with E-state index in [9.17, 15) is 0 Å². The van der Waals surface area contributed by atoms with E-state index in [4.69, 9.17) is 16.3 Å². The summed E-state index contributed by atoms with van der Waals surface area (Å²) in [7, 11) is 0. The molecule has 1 aromatic carbocycles. The van der Waals surface area contributed by atoms with Crippen LogP contribution in [0.5, 0.6) is 0 Å². The lowest BCUT2D eigenvalue weighted by atomic mass is 10.2. The zero-order valence-electron chi connectivity index (χ0n) is 10.3. The number of hydrogen-bond acceptors (Lipinski definition) is 2. The Morgan fingerprint density at radius 1 is 1.41 bits per heavy atom. The minimum Gasteiger partial charge on any atom is -0.380 e. The lowest BCUT2D eigenvalue weighted by molar-refractivity contribution is 0.111. The van der Waals surface area contributed by atoms with Crippen molar-refractivity contribution in [2.45, 2.75) is 20.4 Å². The first-order chi connectivity index (χ1) is 8.09. The highest BCUT2D eigenvalue weighted by Crippen LogP contribution is 2.20. The smallest absolute Gasteiger partial charge is 0.0591 e. The lowest BCUT2D eigenvalue weighted by Gasteiger charge is -2.09. The van der Waals surface area contributed by atoms with Gasteiger partial charge in [0.05, 0.1) is 6.61 Å². The van der Waals surface area contributed by atoms with Crippen molar-refractivity contribution < 1.29 is 4.74 Å². The first kappa shape index (κ1) is 15.0. The Morgan fingerprint density at radius 3 is 2.88 bits per heavy atom. The maximum atomic E-state index is 6.09. The zero-order chi connectivity index (χ0) is 12.7. The summed E-state index contributed by atoms with van der Waals surface area (Å²) in [6.45, 7) is 7.46. The molecule has 4 heteroatoms. The second-order valence-corrected chi connectivity index (χ2v) is 5.70. The van der Waals surface area contributed by atoms with Crippen molar-refractivity contribution >= 4 is 27.5 Å². The molecule has 0 atom stereocenters. The lowest BCUT2D eigenvalue weighted by Crippen LogP contribution is -2.20. The summed E-state index contributed by atoms with van der Waals surface area (Å²) in [4.78, 5) is 0. The molecule has 0 aliphatic rings. The van der Waals surface area contributed by atoms with Gasteiger partial charge in [0, 0.05) is 29.2 Å². The molecule has 0 aliphatic heterocycles. The van der Waals surface area contributed by atoms with Crippen molar-refractivity contribution in [3.8, 4) is 0 Å². The molecule has 0 amide bonds. The molecule has 0 aromatic heterocycles. The van der Waals surface area contributed by atoms with E-state index < -0.39 is 0 Å². The Kier molecular flexibility index (Phi) is 7.12. The van der Waals surface area contributed by atoms with E-state index in [1.165, 1.54) is 0 Å². The van der Waals surface area contributed by atoms with Crippen LogP contribution in [-0.2, 0) is 11.3 Å². The molecule has 96 valence electrons. The van der Waals surface area contributed by atoms with E-state index in [0.29, 0.717) is 5.92 Å². The van der Waals surface area contributed by atoms with Crippen molar-refractivity contribution in [3.63, 3.8) is 0 Å². The SMILES string of the molecule is CC(C)COCCNCc1cc(Br)ccc1Cl. The number of hydrogen-bond donors (Lipinski definition) is 1. The molecule has 0 saturated carbocycles. The zero-order valence-corrected chi connectivity index (χ0v) is 12.6. The van der Waals surface area contributed by atoms with Crippen LogP contribution in [0, 0.1) is 5.92 Å². The molecule has 2 nitrogen and oxygen atoms in total. The maximum absolute atomic E-state index is 6.09. The summed E-state index contributed by atoms with van der Waals surface area (Å²) in [5.41, 5.74) is 1.10. The van der Waals surface area contributed by atoms with Crippen LogP contribution in [-0.4, -0.2) is 19.8 Å². The summed E-state index contributed by atoms with van der Waals surface area (Å²) in [5, 5.41) is 4.11. The Morgan fingerprint density at radius 2 is 2.18 bits per heavy atom. The first-order valence-electron chi connectivity index (χ1n) is 5.82. The van der Waals surface area contributed by atoms with Crippen molar-refractivity contribution in [1.82, 2.24) is 5.32 Å². The van der Waals surface area contributed by atoms with Gasteiger partial charge in [0.25, 0.3) is 0 Å². The predicted octanol–water partition coefficient (Wildman–Crippen LogP) is 3.86. The van der Waals surface area contributed by atoms with Crippen LogP contribution >= 0.6 is 27.5 Å². The van der Waals surface area contributed by atoms with Crippen molar-refractivity contribution in [3.05, 3.63) is 33.3 Å². The van der Waals surface area contributed by atoms with E-state index in [-0.39, 0.29) is 0 Å². The van der Waals surface area contributed by atoms with Crippen LogP contribution in [0.25, 0.3) is 0 Å². The number of rotatable bonds is 7. The Balaban J connectivity index is 2.20. The van der Waals surface area contributed by atoms with Crippen LogP contribution < -0.4 is 5.32 Å². The van der Waals surface area contributed by atoms with E-state index in [2.05, 4.69) is 35.1 Å². The molecule has 0 radical (unpaired) electrons. The van der Waals surface area contributed by atoms with Crippen molar-refractivity contribution in [2.24, 2.45) is 5.92 Å². The monoisotopic (exact) mass is 319 g/mol. The summed E-state index contributed by atoms with van der Waals surface area (Å²) >= 11 is 9.52. The van der Waals surface area contributed by atoms with Gasteiger partial charge >= 0.3 is 0 Å². The Labute approximate surface area is 117 Å². The van der Waals surface area contributed by atoms with Crippen molar-refractivity contribution in [2.75, 3.05) is 19.8 Å². The topological polar surface area (TPSA) is 21.3 Å². The molecule has 0 fully saturated rings. The largest absolute Gasteiger partial charge is 0.380 e. The predicted molar refractivity (Wildman–Crippen MR) is 76.5 cm³/mol. The van der Waals surface area contributed by atoms with Crippen LogP contribution in [0.3, 0.4) is 0 Å². The van der Waals surface area contributed by atoms with Gasteiger partial charge in [-0.15, -0.1) is 0 Å². The Bertz CT molecular complexity index is 344.